The first-order valence-corrected chi connectivity index (χ1v) is 7.25. The molecule has 0 fully saturated rings. The molecule has 1 unspecified atom stereocenters. The second-order valence-corrected chi connectivity index (χ2v) is 5.56. The van der Waals surface area contributed by atoms with Crippen LogP contribution in [0.4, 0.5) is 0 Å². The molecule has 0 saturated carbocycles. The number of hydrogen-bond donors (Lipinski definition) is 2. The van der Waals surface area contributed by atoms with E-state index in [1.165, 1.54) is 0 Å². The van der Waals surface area contributed by atoms with Crippen molar-refractivity contribution in [1.82, 2.24) is 5.32 Å². The number of aliphatic hydroxyl groups is 1. The maximum absolute atomic E-state index is 10.2. The first kappa shape index (κ1) is 15.3. The van der Waals surface area contributed by atoms with Crippen LogP contribution in [0.3, 0.4) is 0 Å². The standard InChI is InChI=1S/C16H17Cl2NO/c1-11(12-6-8-13(17)9-7-12)19-10-16(20)14-4-2-3-5-15(14)18/h2-9,11,16,19-20H,10H2,1H3/t11-,16?/m1/s1. The Labute approximate surface area is 129 Å². The number of halogens is 2. The fraction of sp³-hybridized carbons (Fsp3) is 0.250. The molecule has 2 rings (SSSR count). The molecule has 0 aliphatic heterocycles. The molecule has 2 atom stereocenters. The predicted molar refractivity (Wildman–Crippen MR) is 84.3 cm³/mol. The number of rotatable bonds is 5. The van der Waals surface area contributed by atoms with Gasteiger partial charge in [-0.05, 0) is 30.7 Å². The van der Waals surface area contributed by atoms with E-state index in [-0.39, 0.29) is 6.04 Å². The molecule has 0 heterocycles. The van der Waals surface area contributed by atoms with Crippen LogP contribution < -0.4 is 5.32 Å². The van der Waals surface area contributed by atoms with Crippen molar-refractivity contribution < 1.29 is 5.11 Å². The molecule has 0 aliphatic rings. The highest BCUT2D eigenvalue weighted by Crippen LogP contribution is 2.23. The van der Waals surface area contributed by atoms with Crippen molar-refractivity contribution in [3.8, 4) is 0 Å². The topological polar surface area (TPSA) is 32.3 Å². The van der Waals surface area contributed by atoms with Crippen molar-refractivity contribution in [2.24, 2.45) is 0 Å². The minimum atomic E-state index is -0.626. The van der Waals surface area contributed by atoms with E-state index in [0.29, 0.717) is 11.6 Å². The molecule has 2 N–H and O–H groups in total. The number of benzene rings is 2. The number of nitrogens with one attached hydrogen (secondary N) is 1. The van der Waals surface area contributed by atoms with Gasteiger partial charge < -0.3 is 10.4 Å². The average molecular weight is 310 g/mol. The van der Waals surface area contributed by atoms with Crippen LogP contribution in [0, 0.1) is 0 Å². The van der Waals surface area contributed by atoms with Crippen LogP contribution in [0.25, 0.3) is 0 Å². The molecule has 0 spiro atoms. The van der Waals surface area contributed by atoms with E-state index in [1.54, 1.807) is 6.07 Å². The molecule has 0 aromatic heterocycles. The lowest BCUT2D eigenvalue weighted by atomic mass is 10.1. The Morgan fingerprint density at radius 2 is 1.70 bits per heavy atom. The summed E-state index contributed by atoms with van der Waals surface area (Å²) in [5.41, 5.74) is 1.87. The van der Waals surface area contributed by atoms with Crippen LogP contribution in [0.1, 0.15) is 30.2 Å². The summed E-state index contributed by atoms with van der Waals surface area (Å²) < 4.78 is 0. The van der Waals surface area contributed by atoms with Crippen LogP contribution in [0.15, 0.2) is 48.5 Å². The van der Waals surface area contributed by atoms with Gasteiger partial charge in [0.05, 0.1) is 6.10 Å². The van der Waals surface area contributed by atoms with Gasteiger partial charge >= 0.3 is 0 Å². The molecule has 0 amide bonds. The van der Waals surface area contributed by atoms with Crippen molar-refractivity contribution in [1.29, 1.82) is 0 Å². The van der Waals surface area contributed by atoms with Crippen molar-refractivity contribution in [2.75, 3.05) is 6.54 Å². The molecule has 2 nitrogen and oxygen atoms in total. The van der Waals surface area contributed by atoms with Crippen molar-refractivity contribution in [3.05, 3.63) is 69.7 Å². The van der Waals surface area contributed by atoms with Crippen molar-refractivity contribution >= 4 is 23.2 Å². The van der Waals surface area contributed by atoms with Crippen LogP contribution in [0.5, 0.6) is 0 Å². The highest BCUT2D eigenvalue weighted by Gasteiger charge is 2.12. The van der Waals surface area contributed by atoms with Gasteiger partial charge in [-0.2, -0.15) is 0 Å². The number of hydrogen-bond acceptors (Lipinski definition) is 2. The zero-order chi connectivity index (χ0) is 14.5. The molecule has 0 aliphatic carbocycles. The third kappa shape index (κ3) is 3.97. The molecule has 20 heavy (non-hydrogen) atoms. The second kappa shape index (κ2) is 7.09. The Balaban J connectivity index is 1.95. The maximum Gasteiger partial charge on any atom is 0.0928 e. The lowest BCUT2D eigenvalue weighted by Crippen LogP contribution is -2.24. The summed E-state index contributed by atoms with van der Waals surface area (Å²) in [5, 5.41) is 14.8. The van der Waals surface area contributed by atoms with E-state index in [0.717, 1.165) is 16.1 Å². The van der Waals surface area contributed by atoms with Crippen molar-refractivity contribution in [3.63, 3.8) is 0 Å². The molecule has 2 aromatic rings. The minimum absolute atomic E-state index is 0.129. The summed E-state index contributed by atoms with van der Waals surface area (Å²) in [6.45, 7) is 2.48. The van der Waals surface area contributed by atoms with E-state index in [1.807, 2.05) is 49.4 Å². The van der Waals surface area contributed by atoms with Gasteiger partial charge in [0.25, 0.3) is 0 Å². The summed E-state index contributed by atoms with van der Waals surface area (Å²) >= 11 is 11.9. The van der Waals surface area contributed by atoms with Gasteiger partial charge in [0, 0.05) is 28.2 Å². The van der Waals surface area contributed by atoms with Gasteiger partial charge in [-0.15, -0.1) is 0 Å². The number of aliphatic hydroxyl groups excluding tert-OH is 1. The van der Waals surface area contributed by atoms with Gasteiger partial charge in [-0.3, -0.25) is 0 Å². The van der Waals surface area contributed by atoms with Gasteiger partial charge in [-0.1, -0.05) is 53.5 Å². The SMILES string of the molecule is C[C@@H](NCC(O)c1ccccc1Cl)c1ccc(Cl)cc1. The van der Waals surface area contributed by atoms with Crippen LogP contribution in [0.2, 0.25) is 10.0 Å². The zero-order valence-electron chi connectivity index (χ0n) is 11.2. The van der Waals surface area contributed by atoms with Crippen LogP contribution >= 0.6 is 23.2 Å². The Bertz CT molecular complexity index is 557. The zero-order valence-corrected chi connectivity index (χ0v) is 12.7. The lowest BCUT2D eigenvalue weighted by molar-refractivity contribution is 0.171. The normalized spacial score (nSPS) is 14.0. The Kier molecular flexibility index (Phi) is 5.44. The van der Waals surface area contributed by atoms with E-state index < -0.39 is 6.10 Å². The molecular formula is C16H17Cl2NO. The van der Waals surface area contributed by atoms with Crippen molar-refractivity contribution in [2.45, 2.75) is 19.1 Å². The third-order valence-electron chi connectivity index (χ3n) is 3.25. The first-order chi connectivity index (χ1) is 9.58. The summed E-state index contributed by atoms with van der Waals surface area (Å²) in [5.74, 6) is 0. The maximum atomic E-state index is 10.2. The molecule has 4 heteroatoms. The van der Waals surface area contributed by atoms with E-state index in [4.69, 9.17) is 23.2 Å². The second-order valence-electron chi connectivity index (χ2n) is 4.72. The fourth-order valence-corrected chi connectivity index (χ4v) is 2.40. The minimum Gasteiger partial charge on any atom is -0.387 e. The van der Waals surface area contributed by atoms with Crippen LogP contribution in [-0.4, -0.2) is 11.7 Å². The smallest absolute Gasteiger partial charge is 0.0928 e. The Hall–Kier alpha value is -1.06. The molecule has 0 bridgehead atoms. The predicted octanol–water partition coefficient (Wildman–Crippen LogP) is 4.38. The summed E-state index contributed by atoms with van der Waals surface area (Å²) in [4.78, 5) is 0. The highest BCUT2D eigenvalue weighted by atomic mass is 35.5. The van der Waals surface area contributed by atoms with Gasteiger partial charge in [0.2, 0.25) is 0 Å². The molecular weight excluding hydrogens is 293 g/mol. The van der Waals surface area contributed by atoms with Gasteiger partial charge in [0.1, 0.15) is 0 Å². The summed E-state index contributed by atoms with van der Waals surface area (Å²) in [7, 11) is 0. The lowest BCUT2D eigenvalue weighted by Gasteiger charge is -2.18. The Morgan fingerprint density at radius 3 is 2.35 bits per heavy atom. The van der Waals surface area contributed by atoms with E-state index in [2.05, 4.69) is 5.32 Å². The van der Waals surface area contributed by atoms with E-state index in [9.17, 15) is 5.11 Å². The molecule has 0 radical (unpaired) electrons. The quantitative estimate of drug-likeness (QED) is 0.859. The first-order valence-electron chi connectivity index (χ1n) is 6.49. The molecule has 2 aromatic carbocycles. The van der Waals surface area contributed by atoms with Crippen LogP contribution in [-0.2, 0) is 0 Å². The largest absolute Gasteiger partial charge is 0.387 e. The average Bonchev–Trinajstić information content (AvgIpc) is 2.45. The summed E-state index contributed by atoms with van der Waals surface area (Å²) in [6.07, 6.45) is -0.626. The monoisotopic (exact) mass is 309 g/mol. The summed E-state index contributed by atoms with van der Waals surface area (Å²) in [6, 6.07) is 15.1. The molecule has 106 valence electrons. The molecule has 0 saturated heterocycles. The fourth-order valence-electron chi connectivity index (χ4n) is 2.01. The Morgan fingerprint density at radius 1 is 1.05 bits per heavy atom. The van der Waals surface area contributed by atoms with E-state index >= 15 is 0 Å². The van der Waals surface area contributed by atoms with Gasteiger partial charge in [-0.25, -0.2) is 0 Å². The van der Waals surface area contributed by atoms with Gasteiger partial charge in [0.15, 0.2) is 0 Å². The third-order valence-corrected chi connectivity index (χ3v) is 3.85. The highest BCUT2D eigenvalue weighted by molar-refractivity contribution is 6.31.